The summed E-state index contributed by atoms with van der Waals surface area (Å²) in [6.07, 6.45) is 1.40. The molecule has 0 spiro atoms. The van der Waals surface area contributed by atoms with E-state index in [0.29, 0.717) is 50.7 Å². The Morgan fingerprint density at radius 2 is 2.00 bits per heavy atom. The second-order valence-electron chi connectivity index (χ2n) is 8.50. The number of ketones is 1. The normalized spacial score (nSPS) is 17.3. The van der Waals surface area contributed by atoms with Gasteiger partial charge in [0.2, 0.25) is 11.0 Å². The largest absolute Gasteiger partial charge is 0.384 e. The Labute approximate surface area is 231 Å². The monoisotopic (exact) mass is 566 g/mol. The molecule has 1 aliphatic heterocycles. The number of allylic oxidation sites excluding steroid dienone is 3. The van der Waals surface area contributed by atoms with E-state index in [1.807, 2.05) is 0 Å². The molecule has 2 heterocycles. The predicted octanol–water partition coefficient (Wildman–Crippen LogP) is 5.37. The number of nitrogens with two attached hydrogens (primary N) is 1. The highest BCUT2D eigenvalue weighted by molar-refractivity contribution is 8.01. The standard InChI is InChI=1S/C26H20ClFN6O2S2/c27-16-7-2-4-9-18(16)31-21(36)13-37-26-33-32-25(38-26)34-19-10-5-11-20(35)23(19)22(15(12-29)24(34)30)14-6-1-3-8-17(14)28/h1-4,6-9,22H,5,10-11,13,30H2,(H,31,36). The van der Waals surface area contributed by atoms with Crippen LogP contribution >= 0.6 is 34.7 Å². The number of aromatic nitrogens is 2. The van der Waals surface area contributed by atoms with E-state index < -0.39 is 11.7 Å². The van der Waals surface area contributed by atoms with Crippen molar-refractivity contribution >= 4 is 57.2 Å². The minimum Gasteiger partial charge on any atom is -0.384 e. The number of anilines is 2. The van der Waals surface area contributed by atoms with Gasteiger partial charge in [-0.25, -0.2) is 4.39 Å². The maximum Gasteiger partial charge on any atom is 0.234 e. The number of benzene rings is 2. The topological polar surface area (TPSA) is 125 Å². The molecule has 2 aliphatic rings. The maximum absolute atomic E-state index is 14.8. The highest BCUT2D eigenvalue weighted by Gasteiger charge is 2.42. The summed E-state index contributed by atoms with van der Waals surface area (Å²) in [6, 6.07) is 15.1. The second-order valence-corrected chi connectivity index (χ2v) is 11.1. The van der Waals surface area contributed by atoms with Crippen LogP contribution in [0.25, 0.3) is 0 Å². The molecule has 0 fully saturated rings. The average Bonchev–Trinajstić information content (AvgIpc) is 3.37. The maximum atomic E-state index is 14.8. The first-order chi connectivity index (χ1) is 18.4. The summed E-state index contributed by atoms with van der Waals surface area (Å²) in [6.45, 7) is 0. The van der Waals surface area contributed by atoms with Gasteiger partial charge in [-0.3, -0.25) is 14.5 Å². The van der Waals surface area contributed by atoms with Crippen molar-refractivity contribution in [2.75, 3.05) is 16.0 Å². The molecule has 1 aromatic heterocycles. The molecule has 0 radical (unpaired) electrons. The van der Waals surface area contributed by atoms with Crippen molar-refractivity contribution in [3.8, 4) is 6.07 Å². The zero-order valence-corrected chi connectivity index (χ0v) is 22.2. The highest BCUT2D eigenvalue weighted by Crippen LogP contribution is 2.47. The average molecular weight is 567 g/mol. The van der Waals surface area contributed by atoms with Crippen molar-refractivity contribution in [1.29, 1.82) is 5.26 Å². The van der Waals surface area contributed by atoms with Crippen LogP contribution in [0, 0.1) is 17.1 Å². The number of nitrogens with zero attached hydrogens (tertiary/aromatic N) is 4. The van der Waals surface area contributed by atoms with Crippen LogP contribution in [-0.2, 0) is 9.59 Å². The number of amides is 1. The number of carbonyl (C=O) groups is 2. The molecule has 1 atom stereocenters. The van der Waals surface area contributed by atoms with Gasteiger partial charge in [-0.1, -0.05) is 65.0 Å². The number of hydrogen-bond acceptors (Lipinski definition) is 9. The molecule has 3 aromatic rings. The Balaban J connectivity index is 1.44. The molecule has 38 heavy (non-hydrogen) atoms. The van der Waals surface area contributed by atoms with Crippen LogP contribution in [0.2, 0.25) is 5.02 Å². The molecule has 5 rings (SSSR count). The van der Waals surface area contributed by atoms with Crippen molar-refractivity contribution < 1.29 is 14.0 Å². The van der Waals surface area contributed by atoms with Crippen LogP contribution in [-0.4, -0.2) is 27.6 Å². The Morgan fingerprint density at radius 3 is 2.76 bits per heavy atom. The number of para-hydroxylation sites is 1. The molecule has 1 amide bonds. The Kier molecular flexibility index (Phi) is 7.46. The van der Waals surface area contributed by atoms with Gasteiger partial charge >= 0.3 is 0 Å². The first-order valence-electron chi connectivity index (χ1n) is 11.6. The summed E-state index contributed by atoms with van der Waals surface area (Å²) in [4.78, 5) is 27.2. The van der Waals surface area contributed by atoms with Crippen LogP contribution in [0.3, 0.4) is 0 Å². The van der Waals surface area contributed by atoms with Gasteiger partial charge in [0.25, 0.3) is 0 Å². The third-order valence-electron chi connectivity index (χ3n) is 6.19. The summed E-state index contributed by atoms with van der Waals surface area (Å²) >= 11 is 8.47. The van der Waals surface area contributed by atoms with Crippen LogP contribution in [0.15, 0.2) is 75.5 Å². The fourth-order valence-electron chi connectivity index (χ4n) is 4.55. The van der Waals surface area contributed by atoms with Gasteiger partial charge in [0, 0.05) is 23.3 Å². The second kappa shape index (κ2) is 10.9. The fourth-order valence-corrected chi connectivity index (χ4v) is 6.42. The predicted molar refractivity (Wildman–Crippen MR) is 145 cm³/mol. The number of Topliss-reactive ketones (excluding diaryl/α,β-unsaturated/α-hetero) is 1. The lowest BCUT2D eigenvalue weighted by Crippen LogP contribution is -2.38. The lowest BCUT2D eigenvalue weighted by Gasteiger charge is -2.38. The Hall–Kier alpha value is -3.72. The van der Waals surface area contributed by atoms with E-state index in [2.05, 4.69) is 21.6 Å². The number of carbonyl (C=O) groups excluding carboxylic acids is 2. The quantitative estimate of drug-likeness (QED) is 0.382. The van der Waals surface area contributed by atoms with E-state index in [1.54, 1.807) is 47.4 Å². The molecular formula is C26H20ClFN6O2S2. The SMILES string of the molecule is N#CC1=C(N)N(c2nnc(SCC(=O)Nc3ccccc3Cl)s2)C2=C(C(=O)CCC2)C1c1ccccc1F. The van der Waals surface area contributed by atoms with Gasteiger partial charge in [0.05, 0.1) is 34.0 Å². The first-order valence-corrected chi connectivity index (χ1v) is 13.8. The summed E-state index contributed by atoms with van der Waals surface area (Å²) in [5.41, 5.74) is 8.27. The smallest absolute Gasteiger partial charge is 0.234 e. The molecule has 0 bridgehead atoms. The van der Waals surface area contributed by atoms with E-state index >= 15 is 0 Å². The van der Waals surface area contributed by atoms with Gasteiger partial charge in [-0.2, -0.15) is 5.26 Å². The van der Waals surface area contributed by atoms with Crippen LogP contribution < -0.4 is 16.0 Å². The molecule has 0 saturated heterocycles. The number of halogens is 2. The van der Waals surface area contributed by atoms with Crippen molar-refractivity contribution in [3.05, 3.63) is 87.6 Å². The van der Waals surface area contributed by atoms with Crippen molar-refractivity contribution in [2.24, 2.45) is 5.73 Å². The van der Waals surface area contributed by atoms with E-state index in [0.717, 1.165) is 0 Å². The molecule has 2 aromatic carbocycles. The zero-order valence-electron chi connectivity index (χ0n) is 19.8. The number of nitrogens with one attached hydrogen (secondary N) is 1. The van der Waals surface area contributed by atoms with Crippen LogP contribution in [0.5, 0.6) is 0 Å². The van der Waals surface area contributed by atoms with Crippen molar-refractivity contribution in [3.63, 3.8) is 0 Å². The van der Waals surface area contributed by atoms with Gasteiger partial charge in [0.1, 0.15) is 11.6 Å². The van der Waals surface area contributed by atoms with Crippen molar-refractivity contribution in [2.45, 2.75) is 29.5 Å². The van der Waals surface area contributed by atoms with Gasteiger partial charge < -0.3 is 11.1 Å². The molecule has 1 aliphatic carbocycles. The van der Waals surface area contributed by atoms with E-state index in [4.69, 9.17) is 17.3 Å². The Morgan fingerprint density at radius 1 is 1.24 bits per heavy atom. The lowest BCUT2D eigenvalue weighted by molar-refractivity contribution is -0.116. The highest BCUT2D eigenvalue weighted by atomic mass is 35.5. The van der Waals surface area contributed by atoms with E-state index in [9.17, 15) is 19.2 Å². The van der Waals surface area contributed by atoms with Crippen LogP contribution in [0.4, 0.5) is 15.2 Å². The lowest BCUT2D eigenvalue weighted by atomic mass is 9.75. The minimum atomic E-state index is -0.893. The molecule has 3 N–H and O–H groups in total. The molecule has 192 valence electrons. The van der Waals surface area contributed by atoms with Gasteiger partial charge in [-0.05, 0) is 31.0 Å². The van der Waals surface area contributed by atoms with E-state index in [1.165, 1.54) is 29.2 Å². The van der Waals surface area contributed by atoms with E-state index in [-0.39, 0.29) is 34.4 Å². The third kappa shape index (κ3) is 4.90. The Bertz CT molecular complexity index is 1550. The summed E-state index contributed by atoms with van der Waals surface area (Å²) in [5, 5.41) is 22.0. The molecule has 8 nitrogen and oxygen atoms in total. The third-order valence-corrected chi connectivity index (χ3v) is 8.56. The van der Waals surface area contributed by atoms with Gasteiger partial charge in [0.15, 0.2) is 10.1 Å². The molecular weight excluding hydrogens is 547 g/mol. The summed E-state index contributed by atoms with van der Waals surface area (Å²) in [7, 11) is 0. The van der Waals surface area contributed by atoms with Crippen molar-refractivity contribution in [1.82, 2.24) is 10.2 Å². The van der Waals surface area contributed by atoms with Gasteiger partial charge in [-0.15, -0.1) is 10.2 Å². The molecule has 1 unspecified atom stereocenters. The summed E-state index contributed by atoms with van der Waals surface area (Å²) in [5.74, 6) is -1.67. The number of nitriles is 1. The molecule has 12 heteroatoms. The zero-order chi connectivity index (χ0) is 26.8. The van der Waals surface area contributed by atoms with Crippen LogP contribution in [0.1, 0.15) is 30.7 Å². The number of thioether (sulfide) groups is 1. The number of hydrogen-bond donors (Lipinski definition) is 2. The molecule has 0 saturated carbocycles. The number of rotatable bonds is 6. The summed E-state index contributed by atoms with van der Waals surface area (Å²) < 4.78 is 15.3. The first kappa shape index (κ1) is 25.9. The minimum absolute atomic E-state index is 0.0659. The fraction of sp³-hybridized carbons (Fsp3) is 0.192.